The molecule has 7 nitrogen and oxygen atoms in total. The third-order valence-corrected chi connectivity index (χ3v) is 5.97. The first-order chi connectivity index (χ1) is 12.0. The molecule has 0 unspecified atom stereocenters. The Morgan fingerprint density at radius 1 is 1.32 bits per heavy atom. The van der Waals surface area contributed by atoms with E-state index in [4.69, 9.17) is 9.47 Å². The van der Waals surface area contributed by atoms with Gasteiger partial charge in [-0.2, -0.15) is 0 Å². The van der Waals surface area contributed by atoms with Gasteiger partial charge in [0, 0.05) is 44.0 Å². The van der Waals surface area contributed by atoms with Crippen LogP contribution >= 0.6 is 0 Å². The minimum absolute atomic E-state index is 0.0252. The number of imidazole rings is 1. The molecule has 25 heavy (non-hydrogen) atoms. The van der Waals surface area contributed by atoms with Crippen LogP contribution in [-0.2, 0) is 27.2 Å². The molecule has 136 valence electrons. The first-order valence-electron chi connectivity index (χ1n) is 8.16. The van der Waals surface area contributed by atoms with Crippen molar-refractivity contribution in [3.8, 4) is 5.75 Å². The van der Waals surface area contributed by atoms with Crippen LogP contribution < -0.4 is 9.46 Å². The van der Waals surface area contributed by atoms with Crippen LogP contribution in [0.2, 0.25) is 0 Å². The standard InChI is InChI=1S/C17H23N3O4S/c1-20-11-16(18-13-20)25(21,22)19-12-17(7-9-24-10-8-17)14-5-3-4-6-15(14)23-2/h3-6,11,13,19H,7-10,12H2,1-2H3. The van der Waals surface area contributed by atoms with Crippen LogP contribution in [0.25, 0.3) is 0 Å². The van der Waals surface area contributed by atoms with Crippen molar-refractivity contribution in [1.82, 2.24) is 14.3 Å². The Balaban J connectivity index is 1.89. The lowest BCUT2D eigenvalue weighted by atomic mass is 9.74. The summed E-state index contributed by atoms with van der Waals surface area (Å²) >= 11 is 0. The fourth-order valence-electron chi connectivity index (χ4n) is 3.22. The van der Waals surface area contributed by atoms with Crippen molar-refractivity contribution in [2.75, 3.05) is 26.9 Å². The van der Waals surface area contributed by atoms with Crippen molar-refractivity contribution in [1.29, 1.82) is 0 Å². The van der Waals surface area contributed by atoms with E-state index in [1.54, 1.807) is 18.7 Å². The minimum atomic E-state index is -3.67. The summed E-state index contributed by atoms with van der Waals surface area (Å²) in [5, 5.41) is 0.0252. The third kappa shape index (κ3) is 3.70. The van der Waals surface area contributed by atoms with Crippen molar-refractivity contribution in [3.05, 3.63) is 42.4 Å². The third-order valence-electron chi connectivity index (χ3n) is 4.69. The molecule has 0 saturated carbocycles. The van der Waals surface area contributed by atoms with Gasteiger partial charge in [0.2, 0.25) is 0 Å². The molecule has 0 aliphatic carbocycles. The number of methoxy groups -OCH3 is 1. The summed E-state index contributed by atoms with van der Waals surface area (Å²) in [6, 6.07) is 7.76. The van der Waals surface area contributed by atoms with E-state index in [-0.39, 0.29) is 17.0 Å². The SMILES string of the molecule is COc1ccccc1C1(CNS(=O)(=O)c2cn(C)cn2)CCOCC1. The van der Waals surface area contributed by atoms with Crippen LogP contribution in [0.1, 0.15) is 18.4 Å². The highest BCUT2D eigenvalue weighted by molar-refractivity contribution is 7.89. The zero-order valence-electron chi connectivity index (χ0n) is 14.4. The Labute approximate surface area is 148 Å². The summed E-state index contributed by atoms with van der Waals surface area (Å²) < 4.78 is 40.5. The monoisotopic (exact) mass is 365 g/mol. The van der Waals surface area contributed by atoms with Crippen molar-refractivity contribution in [2.45, 2.75) is 23.3 Å². The predicted octanol–water partition coefficient (Wildman–Crippen LogP) is 1.46. The fourth-order valence-corrected chi connectivity index (χ4v) is 4.33. The summed E-state index contributed by atoms with van der Waals surface area (Å²) in [6.45, 7) is 1.45. The van der Waals surface area contributed by atoms with E-state index in [1.807, 2.05) is 24.3 Å². The smallest absolute Gasteiger partial charge is 0.259 e. The largest absolute Gasteiger partial charge is 0.496 e. The lowest BCUT2D eigenvalue weighted by Crippen LogP contribution is -2.44. The Kier molecular flexibility index (Phi) is 5.12. The molecule has 1 N–H and O–H groups in total. The number of benzene rings is 1. The van der Waals surface area contributed by atoms with Gasteiger partial charge < -0.3 is 14.0 Å². The number of rotatable bonds is 6. The highest BCUT2D eigenvalue weighted by Gasteiger charge is 2.38. The van der Waals surface area contributed by atoms with E-state index in [0.29, 0.717) is 13.2 Å². The molecule has 0 radical (unpaired) electrons. The summed E-state index contributed by atoms with van der Waals surface area (Å²) in [7, 11) is -0.302. The van der Waals surface area contributed by atoms with E-state index < -0.39 is 10.0 Å². The molecule has 0 amide bonds. The van der Waals surface area contributed by atoms with Gasteiger partial charge in [-0.25, -0.2) is 18.1 Å². The Morgan fingerprint density at radius 3 is 2.68 bits per heavy atom. The summed E-state index contributed by atoms with van der Waals surface area (Å²) in [5.41, 5.74) is 0.636. The maximum atomic E-state index is 12.6. The summed E-state index contributed by atoms with van der Waals surface area (Å²) in [5.74, 6) is 0.765. The highest BCUT2D eigenvalue weighted by atomic mass is 32.2. The first kappa shape index (κ1) is 17.9. The minimum Gasteiger partial charge on any atom is -0.496 e. The van der Waals surface area contributed by atoms with Gasteiger partial charge in [-0.15, -0.1) is 0 Å². The van der Waals surface area contributed by atoms with Gasteiger partial charge in [0.15, 0.2) is 5.03 Å². The molecule has 1 aliphatic rings. The number of para-hydroxylation sites is 1. The van der Waals surface area contributed by atoms with Crippen LogP contribution in [0.5, 0.6) is 5.75 Å². The molecule has 2 aromatic rings. The summed E-state index contributed by atoms with van der Waals surface area (Å²) in [6.07, 6.45) is 4.40. The van der Waals surface area contributed by atoms with Gasteiger partial charge >= 0.3 is 0 Å². The molecule has 1 aromatic carbocycles. The number of aryl methyl sites for hydroxylation is 1. The predicted molar refractivity (Wildman–Crippen MR) is 93.1 cm³/mol. The number of ether oxygens (including phenoxy) is 2. The van der Waals surface area contributed by atoms with Crippen LogP contribution in [0.3, 0.4) is 0 Å². The number of hydrogen-bond acceptors (Lipinski definition) is 5. The molecule has 0 bridgehead atoms. The first-order valence-corrected chi connectivity index (χ1v) is 9.64. The van der Waals surface area contributed by atoms with Crippen LogP contribution in [0.4, 0.5) is 0 Å². The molecular formula is C17H23N3O4S. The number of nitrogens with zero attached hydrogens (tertiary/aromatic N) is 2. The topological polar surface area (TPSA) is 82.5 Å². The van der Waals surface area contributed by atoms with Crippen molar-refractivity contribution < 1.29 is 17.9 Å². The van der Waals surface area contributed by atoms with Gasteiger partial charge in [-0.05, 0) is 18.9 Å². The van der Waals surface area contributed by atoms with E-state index in [0.717, 1.165) is 24.2 Å². The molecule has 1 saturated heterocycles. The molecule has 3 rings (SSSR count). The average molecular weight is 365 g/mol. The Hall–Kier alpha value is -1.90. The van der Waals surface area contributed by atoms with Gasteiger partial charge in [0.25, 0.3) is 10.0 Å². The van der Waals surface area contributed by atoms with E-state index in [2.05, 4.69) is 9.71 Å². The van der Waals surface area contributed by atoms with E-state index in [1.165, 1.54) is 12.5 Å². The normalized spacial score (nSPS) is 17.4. The lowest BCUT2D eigenvalue weighted by Gasteiger charge is -2.38. The number of sulfonamides is 1. The number of nitrogens with one attached hydrogen (secondary N) is 1. The summed E-state index contributed by atoms with van der Waals surface area (Å²) in [4.78, 5) is 3.94. The molecule has 1 aromatic heterocycles. The number of aromatic nitrogens is 2. The average Bonchev–Trinajstić information content (AvgIpc) is 3.08. The van der Waals surface area contributed by atoms with Gasteiger partial charge in [0.1, 0.15) is 5.75 Å². The van der Waals surface area contributed by atoms with Gasteiger partial charge in [-0.3, -0.25) is 0 Å². The van der Waals surface area contributed by atoms with Crippen LogP contribution in [0, 0.1) is 0 Å². The fraction of sp³-hybridized carbons (Fsp3) is 0.471. The van der Waals surface area contributed by atoms with Crippen LogP contribution in [-0.4, -0.2) is 44.8 Å². The zero-order valence-corrected chi connectivity index (χ0v) is 15.3. The molecule has 1 aliphatic heterocycles. The van der Waals surface area contributed by atoms with E-state index >= 15 is 0 Å². The molecule has 8 heteroatoms. The molecule has 2 heterocycles. The van der Waals surface area contributed by atoms with Crippen LogP contribution in [0.15, 0.2) is 41.8 Å². The molecule has 1 fully saturated rings. The van der Waals surface area contributed by atoms with Gasteiger partial charge in [-0.1, -0.05) is 18.2 Å². The Morgan fingerprint density at radius 2 is 2.04 bits per heavy atom. The molecular weight excluding hydrogens is 342 g/mol. The van der Waals surface area contributed by atoms with E-state index in [9.17, 15) is 8.42 Å². The van der Waals surface area contributed by atoms with Crippen molar-refractivity contribution in [3.63, 3.8) is 0 Å². The lowest BCUT2D eigenvalue weighted by molar-refractivity contribution is 0.0509. The zero-order chi connectivity index (χ0) is 17.9. The van der Waals surface area contributed by atoms with Gasteiger partial charge in [0.05, 0.1) is 13.4 Å². The molecule has 0 atom stereocenters. The Bertz CT molecular complexity index is 826. The second-order valence-electron chi connectivity index (χ2n) is 6.29. The number of hydrogen-bond donors (Lipinski definition) is 1. The second kappa shape index (κ2) is 7.15. The maximum absolute atomic E-state index is 12.6. The maximum Gasteiger partial charge on any atom is 0.259 e. The second-order valence-corrected chi connectivity index (χ2v) is 8.01. The van der Waals surface area contributed by atoms with Crippen molar-refractivity contribution >= 4 is 10.0 Å². The highest BCUT2D eigenvalue weighted by Crippen LogP contribution is 2.39. The van der Waals surface area contributed by atoms with Crippen molar-refractivity contribution in [2.24, 2.45) is 7.05 Å². The quantitative estimate of drug-likeness (QED) is 0.838. The molecule has 0 spiro atoms.